The third kappa shape index (κ3) is 3.41. The minimum atomic E-state index is -0.853. The minimum Gasteiger partial charge on any atom is -0.493 e. The van der Waals surface area contributed by atoms with Gasteiger partial charge in [-0.1, -0.05) is 18.0 Å². The summed E-state index contributed by atoms with van der Waals surface area (Å²) < 4.78 is 10.5. The van der Waals surface area contributed by atoms with Crippen LogP contribution < -0.4 is 15.2 Å². The summed E-state index contributed by atoms with van der Waals surface area (Å²) in [6.45, 7) is 0.217. The average molecular weight is 397 g/mol. The fraction of sp³-hybridized carbons (Fsp3) is 0.500. The number of benzene rings is 1. The molecule has 27 heavy (non-hydrogen) atoms. The number of methoxy groups -OCH3 is 1. The highest BCUT2D eigenvalue weighted by Gasteiger charge is 2.55. The molecule has 2 atom stereocenters. The number of nitrogens with two attached hydrogens (primary N) is 1. The van der Waals surface area contributed by atoms with Crippen molar-refractivity contribution in [3.8, 4) is 11.5 Å². The molecule has 0 aromatic heterocycles. The number of ether oxygens (including phenoxy) is 2. The number of rotatable bonds is 6. The molecule has 1 aromatic rings. The Morgan fingerprint density at radius 3 is 2.74 bits per heavy atom. The van der Waals surface area contributed by atoms with Crippen molar-refractivity contribution in [1.29, 1.82) is 0 Å². The first-order valence-corrected chi connectivity index (χ1v) is 8.97. The maximum absolute atomic E-state index is 12.9. The molecule has 8 nitrogen and oxygen atoms in total. The fourth-order valence-corrected chi connectivity index (χ4v) is 4.37. The van der Waals surface area contributed by atoms with Crippen molar-refractivity contribution in [1.82, 2.24) is 4.90 Å². The third-order valence-electron chi connectivity index (χ3n) is 5.42. The maximum atomic E-state index is 12.9. The molecule has 146 valence electrons. The van der Waals surface area contributed by atoms with Crippen molar-refractivity contribution >= 4 is 29.4 Å². The zero-order valence-electron chi connectivity index (χ0n) is 14.9. The van der Waals surface area contributed by atoms with Gasteiger partial charge in [0, 0.05) is 18.7 Å². The van der Waals surface area contributed by atoms with E-state index in [2.05, 4.69) is 0 Å². The summed E-state index contributed by atoms with van der Waals surface area (Å²) in [7, 11) is 1.39. The molecule has 0 unspecified atom stereocenters. The van der Waals surface area contributed by atoms with Crippen molar-refractivity contribution in [2.75, 3.05) is 26.8 Å². The number of amides is 2. The smallest absolute Gasteiger partial charge is 0.311 e. The molecule has 9 heteroatoms. The van der Waals surface area contributed by atoms with E-state index in [1.807, 2.05) is 0 Å². The minimum absolute atomic E-state index is 0.0329. The third-order valence-corrected chi connectivity index (χ3v) is 5.70. The van der Waals surface area contributed by atoms with Crippen LogP contribution in [0.25, 0.3) is 0 Å². The summed E-state index contributed by atoms with van der Waals surface area (Å²) in [4.78, 5) is 37.2. The Kier molecular flexibility index (Phi) is 5.19. The molecule has 0 radical (unpaired) electrons. The second-order valence-electron chi connectivity index (χ2n) is 6.98. The molecule has 1 aliphatic carbocycles. The van der Waals surface area contributed by atoms with E-state index in [0.717, 1.165) is 12.8 Å². The first kappa shape index (κ1) is 19.3. The van der Waals surface area contributed by atoms with E-state index >= 15 is 0 Å². The Labute approximate surface area is 161 Å². The van der Waals surface area contributed by atoms with Gasteiger partial charge in [-0.3, -0.25) is 14.4 Å². The Morgan fingerprint density at radius 1 is 1.41 bits per heavy atom. The summed E-state index contributed by atoms with van der Waals surface area (Å²) in [5.41, 5.74) is 4.48. The van der Waals surface area contributed by atoms with Crippen LogP contribution in [0.4, 0.5) is 0 Å². The van der Waals surface area contributed by atoms with Gasteiger partial charge in [-0.25, -0.2) is 0 Å². The summed E-state index contributed by atoms with van der Waals surface area (Å²) in [5, 5.41) is 9.78. The molecular weight excluding hydrogens is 376 g/mol. The second kappa shape index (κ2) is 7.26. The van der Waals surface area contributed by atoms with Crippen LogP contribution in [-0.4, -0.2) is 54.6 Å². The topological polar surface area (TPSA) is 119 Å². The molecule has 1 aliphatic heterocycles. The van der Waals surface area contributed by atoms with Gasteiger partial charge in [0.15, 0.2) is 18.1 Å². The van der Waals surface area contributed by atoms with E-state index in [1.54, 1.807) is 4.90 Å². The van der Waals surface area contributed by atoms with Gasteiger partial charge < -0.3 is 25.2 Å². The number of hydrogen-bond acceptors (Lipinski definition) is 5. The highest BCUT2D eigenvalue weighted by atomic mass is 35.5. The van der Waals surface area contributed by atoms with E-state index in [-0.39, 0.29) is 47.1 Å². The number of carbonyl (C=O) groups is 3. The number of hydrogen-bond donors (Lipinski definition) is 2. The van der Waals surface area contributed by atoms with Crippen LogP contribution in [0.1, 0.15) is 29.6 Å². The SMILES string of the molecule is COc1cc(C(=O)N2C[C@@H]3CCC[C@@]3(C(=O)O)C2)cc(Cl)c1OCC(N)=O. The number of aliphatic carboxylic acids is 1. The number of halogens is 1. The molecule has 1 saturated carbocycles. The van der Waals surface area contributed by atoms with E-state index in [9.17, 15) is 19.5 Å². The van der Waals surface area contributed by atoms with Crippen LogP contribution in [-0.2, 0) is 9.59 Å². The maximum Gasteiger partial charge on any atom is 0.311 e. The molecule has 2 fully saturated rings. The van der Waals surface area contributed by atoms with Crippen LogP contribution in [0.15, 0.2) is 12.1 Å². The fourth-order valence-electron chi connectivity index (χ4n) is 4.10. The highest BCUT2D eigenvalue weighted by molar-refractivity contribution is 6.32. The number of likely N-dealkylation sites (tertiary alicyclic amines) is 1. The highest BCUT2D eigenvalue weighted by Crippen LogP contribution is 2.49. The number of fused-ring (bicyclic) bond motifs is 1. The second-order valence-corrected chi connectivity index (χ2v) is 7.39. The summed E-state index contributed by atoms with van der Waals surface area (Å²) in [6, 6.07) is 2.89. The first-order valence-electron chi connectivity index (χ1n) is 8.60. The van der Waals surface area contributed by atoms with Crippen molar-refractivity contribution in [2.24, 2.45) is 17.1 Å². The van der Waals surface area contributed by atoms with E-state index in [0.29, 0.717) is 13.0 Å². The normalized spacial score (nSPS) is 23.8. The Hall–Kier alpha value is -2.48. The summed E-state index contributed by atoms with van der Waals surface area (Å²) in [6.07, 6.45) is 2.26. The van der Waals surface area contributed by atoms with Gasteiger partial charge in [-0.05, 0) is 30.9 Å². The van der Waals surface area contributed by atoms with Gasteiger partial charge >= 0.3 is 5.97 Å². The Bertz CT molecular complexity index is 798. The predicted octanol–water partition coefficient (Wildman–Crippen LogP) is 1.54. The van der Waals surface area contributed by atoms with Gasteiger partial charge in [0.05, 0.1) is 17.5 Å². The van der Waals surface area contributed by atoms with Crippen molar-refractivity contribution in [2.45, 2.75) is 19.3 Å². The zero-order chi connectivity index (χ0) is 19.8. The molecule has 1 aromatic carbocycles. The predicted molar refractivity (Wildman–Crippen MR) is 96.0 cm³/mol. The number of primary amides is 1. The molecule has 1 heterocycles. The molecule has 0 spiro atoms. The van der Waals surface area contributed by atoms with Gasteiger partial charge in [-0.15, -0.1) is 0 Å². The van der Waals surface area contributed by atoms with Crippen molar-refractivity contribution < 1.29 is 29.0 Å². The van der Waals surface area contributed by atoms with Gasteiger partial charge in [0.1, 0.15) is 0 Å². The molecule has 3 rings (SSSR count). The largest absolute Gasteiger partial charge is 0.493 e. The van der Waals surface area contributed by atoms with E-state index < -0.39 is 17.3 Å². The van der Waals surface area contributed by atoms with Crippen LogP contribution in [0.3, 0.4) is 0 Å². The van der Waals surface area contributed by atoms with Gasteiger partial charge in [0.2, 0.25) is 0 Å². The van der Waals surface area contributed by atoms with E-state index in [1.165, 1.54) is 19.2 Å². The summed E-state index contributed by atoms with van der Waals surface area (Å²) in [5.74, 6) is -1.54. The van der Waals surface area contributed by atoms with Crippen molar-refractivity contribution in [3.63, 3.8) is 0 Å². The molecule has 1 saturated heterocycles. The van der Waals surface area contributed by atoms with Crippen LogP contribution in [0.2, 0.25) is 5.02 Å². The molecular formula is C18H21ClN2O6. The first-order chi connectivity index (χ1) is 12.8. The van der Waals surface area contributed by atoms with E-state index in [4.69, 9.17) is 26.8 Å². The number of nitrogens with zero attached hydrogens (tertiary/aromatic N) is 1. The number of carboxylic acids is 1. The molecule has 2 amide bonds. The summed E-state index contributed by atoms with van der Waals surface area (Å²) >= 11 is 6.20. The van der Waals surface area contributed by atoms with Crippen molar-refractivity contribution in [3.05, 3.63) is 22.7 Å². The van der Waals surface area contributed by atoms with Crippen LogP contribution in [0, 0.1) is 11.3 Å². The van der Waals surface area contributed by atoms with Gasteiger partial charge in [-0.2, -0.15) is 0 Å². The zero-order valence-corrected chi connectivity index (χ0v) is 15.6. The number of carbonyl (C=O) groups excluding carboxylic acids is 2. The van der Waals surface area contributed by atoms with Crippen LogP contribution in [0.5, 0.6) is 11.5 Å². The quantitative estimate of drug-likeness (QED) is 0.752. The lowest BCUT2D eigenvalue weighted by Crippen LogP contribution is -2.37. The lowest BCUT2D eigenvalue weighted by atomic mass is 9.81. The molecule has 3 N–H and O–H groups in total. The average Bonchev–Trinajstić information content (AvgIpc) is 3.17. The standard InChI is InChI=1S/C18H21ClN2O6/c1-26-13-6-10(5-12(19)15(13)27-8-14(20)22)16(23)21-7-11-3-2-4-18(11,9-21)17(24)25/h5-6,11H,2-4,7-9H2,1H3,(H2,20,22)(H,24,25)/t11-,18+/m0/s1. The lowest BCUT2D eigenvalue weighted by Gasteiger charge is -2.23. The molecule has 2 aliphatic rings. The Morgan fingerprint density at radius 2 is 2.15 bits per heavy atom. The van der Waals surface area contributed by atoms with Gasteiger partial charge in [0.25, 0.3) is 11.8 Å². The van der Waals surface area contributed by atoms with Crippen LogP contribution >= 0.6 is 11.6 Å². The monoisotopic (exact) mass is 396 g/mol. The molecule has 0 bridgehead atoms. The lowest BCUT2D eigenvalue weighted by molar-refractivity contribution is -0.149. The number of carboxylic acid groups (broad SMARTS) is 1. The Balaban J connectivity index is 1.84.